The van der Waals surface area contributed by atoms with Crippen LogP contribution < -0.4 is 4.74 Å². The van der Waals surface area contributed by atoms with E-state index in [9.17, 15) is 0 Å². The minimum absolute atomic E-state index is 0.245. The fraction of sp³-hybridized carbons (Fsp3) is 0.143. The number of ether oxygens (including phenoxy) is 1. The van der Waals surface area contributed by atoms with Crippen LogP contribution in [0.4, 0.5) is 0 Å². The Kier molecular flexibility index (Phi) is 6.10. The predicted octanol–water partition coefficient (Wildman–Crippen LogP) is 8.03. The number of fused-ring (bicyclic) bond motifs is 1. The second-order valence-electron chi connectivity index (χ2n) is 8.53. The van der Waals surface area contributed by atoms with Crippen LogP contribution in [0.1, 0.15) is 41.2 Å². The summed E-state index contributed by atoms with van der Waals surface area (Å²) in [7, 11) is 0. The number of hydrogen-bond acceptors (Lipinski definition) is 4. The first-order valence-corrected chi connectivity index (χ1v) is 12.5. The SMILES string of the molecule is Clc1cc(OCc2c(-c3c(Cl)cccc3Cl)noc2C2CC2)ccc1C#Cc1cccc2[nH]cnc12. The van der Waals surface area contributed by atoms with Gasteiger partial charge in [-0.3, -0.25) is 0 Å². The van der Waals surface area contributed by atoms with Crippen molar-refractivity contribution in [1.82, 2.24) is 15.1 Å². The highest BCUT2D eigenvalue weighted by atomic mass is 35.5. The van der Waals surface area contributed by atoms with Crippen molar-refractivity contribution in [2.24, 2.45) is 0 Å². The van der Waals surface area contributed by atoms with Crippen molar-refractivity contribution in [3.63, 3.8) is 0 Å². The molecule has 1 fully saturated rings. The van der Waals surface area contributed by atoms with Crippen LogP contribution in [-0.2, 0) is 6.61 Å². The van der Waals surface area contributed by atoms with Crippen molar-refractivity contribution in [3.05, 3.63) is 98.4 Å². The molecule has 36 heavy (non-hydrogen) atoms. The molecule has 0 saturated heterocycles. The molecule has 178 valence electrons. The van der Waals surface area contributed by atoms with E-state index in [4.69, 9.17) is 44.1 Å². The second kappa shape index (κ2) is 9.55. The highest BCUT2D eigenvalue weighted by Crippen LogP contribution is 2.46. The zero-order valence-corrected chi connectivity index (χ0v) is 21.1. The van der Waals surface area contributed by atoms with E-state index >= 15 is 0 Å². The monoisotopic (exact) mass is 533 g/mol. The molecule has 0 spiro atoms. The van der Waals surface area contributed by atoms with Gasteiger partial charge >= 0.3 is 0 Å². The molecule has 0 radical (unpaired) electrons. The highest BCUT2D eigenvalue weighted by molar-refractivity contribution is 6.39. The minimum Gasteiger partial charge on any atom is -0.489 e. The minimum atomic E-state index is 0.245. The summed E-state index contributed by atoms with van der Waals surface area (Å²) in [5, 5.41) is 5.83. The lowest BCUT2D eigenvalue weighted by Gasteiger charge is -2.10. The normalized spacial score (nSPS) is 13.0. The largest absolute Gasteiger partial charge is 0.489 e. The van der Waals surface area contributed by atoms with Gasteiger partial charge in [-0.15, -0.1) is 0 Å². The summed E-state index contributed by atoms with van der Waals surface area (Å²) in [6.07, 6.45) is 3.77. The molecule has 0 unspecified atom stereocenters. The Labute approximate surface area is 222 Å². The molecule has 5 nitrogen and oxygen atoms in total. The highest BCUT2D eigenvalue weighted by Gasteiger charge is 2.33. The van der Waals surface area contributed by atoms with Gasteiger partial charge in [0.2, 0.25) is 0 Å². The van der Waals surface area contributed by atoms with Crippen molar-refractivity contribution < 1.29 is 9.26 Å². The first-order chi connectivity index (χ1) is 17.6. The van der Waals surface area contributed by atoms with E-state index in [1.165, 1.54) is 0 Å². The van der Waals surface area contributed by atoms with Gasteiger partial charge < -0.3 is 14.2 Å². The Morgan fingerprint density at radius 3 is 2.50 bits per heavy atom. The maximum atomic E-state index is 6.54. The first-order valence-electron chi connectivity index (χ1n) is 11.4. The van der Waals surface area contributed by atoms with Crippen LogP contribution in [0.5, 0.6) is 5.75 Å². The van der Waals surface area contributed by atoms with Gasteiger partial charge in [-0.1, -0.05) is 63.9 Å². The molecule has 0 atom stereocenters. The first kappa shape index (κ1) is 23.0. The third kappa shape index (κ3) is 4.44. The molecule has 0 aliphatic heterocycles. The zero-order valence-electron chi connectivity index (χ0n) is 18.8. The fourth-order valence-corrected chi connectivity index (χ4v) is 4.89. The van der Waals surface area contributed by atoms with E-state index in [1.807, 2.05) is 30.3 Å². The number of rotatable bonds is 5. The number of nitrogens with zero attached hydrogens (tertiary/aromatic N) is 2. The number of aromatic nitrogens is 3. The summed E-state index contributed by atoms with van der Waals surface area (Å²) in [6.45, 7) is 0.245. The van der Waals surface area contributed by atoms with Crippen molar-refractivity contribution in [2.75, 3.05) is 0 Å². The summed E-state index contributed by atoms with van der Waals surface area (Å²) in [6, 6.07) is 16.6. The number of para-hydroxylation sites is 1. The van der Waals surface area contributed by atoms with Crippen molar-refractivity contribution >= 4 is 45.8 Å². The van der Waals surface area contributed by atoms with Gasteiger partial charge in [0.25, 0.3) is 0 Å². The fourth-order valence-electron chi connectivity index (χ4n) is 4.09. The van der Waals surface area contributed by atoms with E-state index in [0.29, 0.717) is 43.6 Å². The zero-order chi connectivity index (χ0) is 24.6. The molecule has 0 amide bonds. The average molecular weight is 535 g/mol. The Morgan fingerprint density at radius 1 is 0.944 bits per heavy atom. The Morgan fingerprint density at radius 2 is 1.72 bits per heavy atom. The number of imidazole rings is 1. The van der Waals surface area contributed by atoms with Gasteiger partial charge in [-0.05, 0) is 49.2 Å². The summed E-state index contributed by atoms with van der Waals surface area (Å²) in [4.78, 5) is 7.43. The molecule has 1 saturated carbocycles. The number of aromatic amines is 1. The van der Waals surface area contributed by atoms with Crippen LogP contribution in [-0.4, -0.2) is 15.1 Å². The van der Waals surface area contributed by atoms with Gasteiger partial charge in [-0.2, -0.15) is 0 Å². The van der Waals surface area contributed by atoms with E-state index in [-0.39, 0.29) is 6.61 Å². The number of nitrogens with one attached hydrogen (secondary N) is 1. The molecular formula is C28H18Cl3N3O2. The lowest BCUT2D eigenvalue weighted by atomic mass is 10.0. The van der Waals surface area contributed by atoms with E-state index in [2.05, 4.69) is 27.0 Å². The number of benzene rings is 3. The van der Waals surface area contributed by atoms with Crippen molar-refractivity contribution in [3.8, 4) is 28.8 Å². The van der Waals surface area contributed by atoms with Crippen LogP contribution in [0.2, 0.25) is 15.1 Å². The van der Waals surface area contributed by atoms with Gasteiger partial charge in [0.05, 0.1) is 38.0 Å². The average Bonchev–Trinajstić information content (AvgIpc) is 3.44. The Bertz CT molecular complexity index is 1640. The third-order valence-electron chi connectivity index (χ3n) is 6.07. The van der Waals surface area contributed by atoms with Gasteiger partial charge in [0, 0.05) is 23.1 Å². The van der Waals surface area contributed by atoms with Gasteiger partial charge in [0.1, 0.15) is 29.3 Å². The lowest BCUT2D eigenvalue weighted by Crippen LogP contribution is -2.00. The van der Waals surface area contributed by atoms with E-state index in [0.717, 1.165) is 40.8 Å². The van der Waals surface area contributed by atoms with E-state index < -0.39 is 0 Å². The molecule has 1 aliphatic rings. The predicted molar refractivity (Wildman–Crippen MR) is 142 cm³/mol. The van der Waals surface area contributed by atoms with Gasteiger partial charge in [0.15, 0.2) is 0 Å². The number of hydrogen-bond donors (Lipinski definition) is 1. The molecule has 2 heterocycles. The number of halogens is 3. The molecule has 3 aromatic carbocycles. The quantitative estimate of drug-likeness (QED) is 0.232. The molecular weight excluding hydrogens is 517 g/mol. The lowest BCUT2D eigenvalue weighted by molar-refractivity contribution is 0.300. The molecule has 8 heteroatoms. The van der Waals surface area contributed by atoms with Crippen molar-refractivity contribution in [2.45, 2.75) is 25.4 Å². The van der Waals surface area contributed by atoms with Crippen LogP contribution in [0, 0.1) is 11.8 Å². The van der Waals surface area contributed by atoms with Crippen LogP contribution in [0.15, 0.2) is 65.4 Å². The van der Waals surface area contributed by atoms with Gasteiger partial charge in [-0.25, -0.2) is 4.98 Å². The van der Waals surface area contributed by atoms with Crippen molar-refractivity contribution in [1.29, 1.82) is 0 Å². The number of H-pyrrole nitrogens is 1. The summed E-state index contributed by atoms with van der Waals surface area (Å²) >= 11 is 19.4. The van der Waals surface area contributed by atoms with Crippen LogP contribution >= 0.6 is 34.8 Å². The Balaban J connectivity index is 1.26. The van der Waals surface area contributed by atoms with Crippen LogP contribution in [0.25, 0.3) is 22.3 Å². The topological polar surface area (TPSA) is 63.9 Å². The summed E-state index contributed by atoms with van der Waals surface area (Å²) in [5.41, 5.74) is 5.39. The smallest absolute Gasteiger partial charge is 0.147 e. The molecule has 5 aromatic rings. The maximum absolute atomic E-state index is 6.54. The molecule has 0 bridgehead atoms. The second-order valence-corrected chi connectivity index (χ2v) is 9.75. The summed E-state index contributed by atoms with van der Waals surface area (Å²) < 4.78 is 11.8. The maximum Gasteiger partial charge on any atom is 0.147 e. The summed E-state index contributed by atoms with van der Waals surface area (Å²) in [5.74, 6) is 8.07. The van der Waals surface area contributed by atoms with E-state index in [1.54, 1.807) is 30.6 Å². The standard InChI is InChI=1S/C28H18Cl3N3O2/c29-21-4-2-5-22(30)25(21)27-20(28(36-34-27)18-9-10-18)14-35-19-12-11-16(23(31)13-19)7-8-17-3-1-6-24-26(17)33-15-32-24/h1-6,11-13,15,18H,9-10,14H2,(H,32,33). The molecule has 6 rings (SSSR count). The molecule has 1 N–H and O–H groups in total. The molecule has 2 aromatic heterocycles. The van der Waals surface area contributed by atoms with Crippen LogP contribution in [0.3, 0.4) is 0 Å². The Hall–Kier alpha value is -3.43. The molecule has 1 aliphatic carbocycles. The third-order valence-corrected chi connectivity index (χ3v) is 7.01.